The molecule has 0 unspecified atom stereocenters. The first-order valence-corrected chi connectivity index (χ1v) is 6.74. The number of rotatable bonds is 6. The first-order valence-electron chi connectivity index (χ1n) is 6.74. The van der Waals surface area contributed by atoms with E-state index in [0.717, 1.165) is 30.4 Å². The van der Waals surface area contributed by atoms with E-state index < -0.39 is 0 Å². The Morgan fingerprint density at radius 1 is 1.42 bits per heavy atom. The second-order valence-electron chi connectivity index (χ2n) is 5.42. The zero-order valence-electron chi connectivity index (χ0n) is 11.4. The van der Waals surface area contributed by atoms with Gasteiger partial charge >= 0.3 is 0 Å². The van der Waals surface area contributed by atoms with Crippen molar-refractivity contribution in [1.29, 1.82) is 0 Å². The Hall–Kier alpha value is -1.39. The fourth-order valence-corrected chi connectivity index (χ4v) is 2.39. The van der Waals surface area contributed by atoms with Gasteiger partial charge in [0.15, 0.2) is 0 Å². The van der Waals surface area contributed by atoms with Gasteiger partial charge in [0.05, 0.1) is 6.61 Å². The highest BCUT2D eigenvalue weighted by molar-refractivity contribution is 5.77. The number of hydrogen-bond acceptors (Lipinski definition) is 3. The zero-order chi connectivity index (χ0) is 13.7. The minimum atomic E-state index is -0.248. The Labute approximate surface area is 114 Å². The molecule has 0 saturated heterocycles. The van der Waals surface area contributed by atoms with Gasteiger partial charge in [0.1, 0.15) is 0 Å². The molecule has 19 heavy (non-hydrogen) atoms. The first-order chi connectivity index (χ1) is 9.11. The lowest BCUT2D eigenvalue weighted by molar-refractivity contribution is -0.123. The van der Waals surface area contributed by atoms with Crippen LogP contribution in [0.1, 0.15) is 36.8 Å². The maximum absolute atomic E-state index is 11.8. The summed E-state index contributed by atoms with van der Waals surface area (Å²) in [4.78, 5) is 11.8. The number of amides is 1. The van der Waals surface area contributed by atoms with E-state index in [1.54, 1.807) is 7.11 Å². The van der Waals surface area contributed by atoms with E-state index in [9.17, 15) is 4.79 Å². The molecule has 1 aliphatic rings. The standard InChI is InChI=1S/C15H22N2O2/c1-19-11-13-5-2-4-12(8-13)10-17-14(18)9-15(16)6-3-7-15/h2,4-5,8H,3,6-7,9-11,16H2,1H3,(H,17,18). The molecule has 0 aliphatic heterocycles. The molecule has 0 aromatic heterocycles. The molecule has 2 rings (SSSR count). The molecule has 0 radical (unpaired) electrons. The highest BCUT2D eigenvalue weighted by Crippen LogP contribution is 2.31. The minimum Gasteiger partial charge on any atom is -0.380 e. The molecule has 1 fully saturated rings. The first kappa shape index (κ1) is 14.0. The predicted octanol–water partition coefficient (Wildman–Crippen LogP) is 1.72. The van der Waals surface area contributed by atoms with Crippen molar-refractivity contribution in [3.63, 3.8) is 0 Å². The largest absolute Gasteiger partial charge is 0.380 e. The summed E-state index contributed by atoms with van der Waals surface area (Å²) in [5.74, 6) is 0.0411. The Morgan fingerprint density at radius 3 is 2.79 bits per heavy atom. The maximum Gasteiger partial charge on any atom is 0.222 e. The number of carbonyl (C=O) groups is 1. The van der Waals surface area contributed by atoms with Gasteiger partial charge in [-0.15, -0.1) is 0 Å². The summed E-state index contributed by atoms with van der Waals surface area (Å²) in [6.07, 6.45) is 3.50. The summed E-state index contributed by atoms with van der Waals surface area (Å²) in [6.45, 7) is 1.14. The maximum atomic E-state index is 11.8. The highest BCUT2D eigenvalue weighted by Gasteiger charge is 2.34. The van der Waals surface area contributed by atoms with Crippen molar-refractivity contribution in [3.8, 4) is 0 Å². The SMILES string of the molecule is COCc1cccc(CNC(=O)CC2(N)CCC2)c1. The lowest BCUT2D eigenvalue weighted by Crippen LogP contribution is -2.49. The monoisotopic (exact) mass is 262 g/mol. The molecule has 0 heterocycles. The van der Waals surface area contributed by atoms with Crippen molar-refractivity contribution in [2.24, 2.45) is 5.73 Å². The average molecular weight is 262 g/mol. The van der Waals surface area contributed by atoms with Gasteiger partial charge < -0.3 is 15.8 Å². The quantitative estimate of drug-likeness (QED) is 0.820. The van der Waals surface area contributed by atoms with Crippen LogP contribution in [-0.4, -0.2) is 18.6 Å². The van der Waals surface area contributed by atoms with Gasteiger partial charge in [-0.05, 0) is 30.4 Å². The number of hydrogen-bond donors (Lipinski definition) is 2. The second-order valence-corrected chi connectivity index (χ2v) is 5.42. The van der Waals surface area contributed by atoms with Crippen molar-refractivity contribution in [1.82, 2.24) is 5.32 Å². The average Bonchev–Trinajstić information content (AvgIpc) is 2.35. The van der Waals surface area contributed by atoms with E-state index in [4.69, 9.17) is 10.5 Å². The van der Waals surface area contributed by atoms with Crippen LogP contribution < -0.4 is 11.1 Å². The number of benzene rings is 1. The Balaban J connectivity index is 1.81. The second kappa shape index (κ2) is 6.17. The van der Waals surface area contributed by atoms with E-state index in [1.165, 1.54) is 0 Å². The van der Waals surface area contributed by atoms with Gasteiger partial charge in [0.25, 0.3) is 0 Å². The molecule has 0 atom stereocenters. The number of nitrogens with one attached hydrogen (secondary N) is 1. The fourth-order valence-electron chi connectivity index (χ4n) is 2.39. The molecule has 4 heteroatoms. The van der Waals surface area contributed by atoms with Crippen LogP contribution in [0.5, 0.6) is 0 Å². The topological polar surface area (TPSA) is 64.3 Å². The molecule has 1 aliphatic carbocycles. The molecule has 1 aromatic rings. The molecule has 1 aromatic carbocycles. The van der Waals surface area contributed by atoms with Crippen LogP contribution in [-0.2, 0) is 22.7 Å². The molecular formula is C15H22N2O2. The lowest BCUT2D eigenvalue weighted by Gasteiger charge is -2.37. The molecule has 104 valence electrons. The summed E-state index contributed by atoms with van der Waals surface area (Å²) in [7, 11) is 1.67. The van der Waals surface area contributed by atoms with Gasteiger partial charge in [-0.1, -0.05) is 24.3 Å². The van der Waals surface area contributed by atoms with Crippen LogP contribution in [0.25, 0.3) is 0 Å². The predicted molar refractivity (Wildman–Crippen MR) is 74.4 cm³/mol. The van der Waals surface area contributed by atoms with Crippen molar-refractivity contribution >= 4 is 5.91 Å². The van der Waals surface area contributed by atoms with E-state index in [0.29, 0.717) is 19.6 Å². The summed E-state index contributed by atoms with van der Waals surface area (Å²) in [6, 6.07) is 8.04. The fraction of sp³-hybridized carbons (Fsp3) is 0.533. The lowest BCUT2D eigenvalue weighted by atomic mass is 9.75. The Kier molecular flexibility index (Phi) is 4.56. The molecule has 0 bridgehead atoms. The number of ether oxygens (including phenoxy) is 1. The van der Waals surface area contributed by atoms with Gasteiger partial charge in [-0.25, -0.2) is 0 Å². The molecule has 3 N–H and O–H groups in total. The van der Waals surface area contributed by atoms with Crippen LogP contribution >= 0.6 is 0 Å². The van der Waals surface area contributed by atoms with Crippen molar-refractivity contribution in [3.05, 3.63) is 35.4 Å². The normalized spacial score (nSPS) is 16.7. The molecule has 0 spiro atoms. The van der Waals surface area contributed by atoms with E-state index in [-0.39, 0.29) is 11.4 Å². The summed E-state index contributed by atoms with van der Waals surface area (Å²) < 4.78 is 5.09. The van der Waals surface area contributed by atoms with Crippen LogP contribution in [0, 0.1) is 0 Å². The van der Waals surface area contributed by atoms with E-state index >= 15 is 0 Å². The molecular weight excluding hydrogens is 240 g/mol. The molecule has 1 amide bonds. The van der Waals surface area contributed by atoms with Crippen molar-refractivity contribution < 1.29 is 9.53 Å². The molecule has 4 nitrogen and oxygen atoms in total. The third-order valence-corrected chi connectivity index (χ3v) is 3.65. The zero-order valence-corrected chi connectivity index (χ0v) is 11.4. The smallest absolute Gasteiger partial charge is 0.222 e. The van der Waals surface area contributed by atoms with Gasteiger partial charge in [-0.2, -0.15) is 0 Å². The Bertz CT molecular complexity index is 442. The molecule has 1 saturated carbocycles. The van der Waals surface area contributed by atoms with Gasteiger partial charge in [0.2, 0.25) is 5.91 Å². The van der Waals surface area contributed by atoms with E-state index in [1.807, 2.05) is 24.3 Å². The minimum absolute atomic E-state index is 0.0411. The summed E-state index contributed by atoms with van der Waals surface area (Å²) in [5, 5.41) is 2.93. The third-order valence-electron chi connectivity index (χ3n) is 3.65. The third kappa shape index (κ3) is 4.04. The van der Waals surface area contributed by atoms with Crippen molar-refractivity contribution in [2.75, 3.05) is 7.11 Å². The number of methoxy groups -OCH3 is 1. The van der Waals surface area contributed by atoms with Crippen LogP contribution in [0.2, 0.25) is 0 Å². The van der Waals surface area contributed by atoms with Crippen LogP contribution in [0.3, 0.4) is 0 Å². The number of nitrogens with two attached hydrogens (primary N) is 1. The summed E-state index contributed by atoms with van der Waals surface area (Å²) in [5.41, 5.74) is 8.01. The summed E-state index contributed by atoms with van der Waals surface area (Å²) >= 11 is 0. The number of carbonyl (C=O) groups excluding carboxylic acids is 1. The highest BCUT2D eigenvalue weighted by atomic mass is 16.5. The Morgan fingerprint density at radius 2 is 2.16 bits per heavy atom. The van der Waals surface area contributed by atoms with Crippen LogP contribution in [0.4, 0.5) is 0 Å². The van der Waals surface area contributed by atoms with Crippen LogP contribution in [0.15, 0.2) is 24.3 Å². The van der Waals surface area contributed by atoms with Gasteiger partial charge in [0, 0.05) is 25.6 Å². The van der Waals surface area contributed by atoms with E-state index in [2.05, 4.69) is 5.32 Å². The van der Waals surface area contributed by atoms with Crippen molar-refractivity contribution in [2.45, 2.75) is 44.4 Å². The van der Waals surface area contributed by atoms with Gasteiger partial charge in [-0.3, -0.25) is 4.79 Å².